The molecule has 0 saturated heterocycles. The molecule has 0 radical (unpaired) electrons. The molecule has 1 heterocycles. The molecule has 0 unspecified atom stereocenters. The van der Waals surface area contributed by atoms with Gasteiger partial charge >= 0.3 is 5.97 Å². The maximum absolute atomic E-state index is 12.2. The van der Waals surface area contributed by atoms with Gasteiger partial charge in [0, 0.05) is 6.04 Å². The lowest BCUT2D eigenvalue weighted by Crippen LogP contribution is -2.43. The number of halogens is 1. The average molecular weight is 336 g/mol. The van der Waals surface area contributed by atoms with Gasteiger partial charge in [0.1, 0.15) is 0 Å². The van der Waals surface area contributed by atoms with Crippen LogP contribution in [0.15, 0.2) is 21.6 Å². The van der Waals surface area contributed by atoms with Crippen LogP contribution in [0, 0.1) is 5.92 Å². The largest absolute Gasteiger partial charge is 0.481 e. The third-order valence-corrected chi connectivity index (χ3v) is 5.27. The summed E-state index contributed by atoms with van der Waals surface area (Å²) in [6.07, 6.45) is 4.54. The van der Waals surface area contributed by atoms with Gasteiger partial charge in [-0.15, -0.1) is 0 Å². The predicted octanol–water partition coefficient (Wildman–Crippen LogP) is 2.63. The molecule has 21 heavy (non-hydrogen) atoms. The van der Waals surface area contributed by atoms with E-state index in [4.69, 9.17) is 16.0 Å². The van der Waals surface area contributed by atoms with Crippen molar-refractivity contribution in [3.05, 3.63) is 17.4 Å². The minimum atomic E-state index is -3.90. The van der Waals surface area contributed by atoms with Crippen molar-refractivity contribution >= 4 is 27.6 Å². The summed E-state index contributed by atoms with van der Waals surface area (Å²) >= 11 is 5.58. The smallest absolute Gasteiger partial charge is 0.308 e. The zero-order chi connectivity index (χ0) is 15.5. The van der Waals surface area contributed by atoms with Crippen LogP contribution in [0.25, 0.3) is 0 Å². The minimum absolute atomic E-state index is 0.0252. The Morgan fingerprint density at radius 3 is 2.48 bits per heavy atom. The molecule has 6 nitrogen and oxygen atoms in total. The van der Waals surface area contributed by atoms with Gasteiger partial charge in [-0.3, -0.25) is 4.79 Å². The molecular weight excluding hydrogens is 318 g/mol. The molecule has 1 aromatic heterocycles. The van der Waals surface area contributed by atoms with E-state index in [-0.39, 0.29) is 10.3 Å². The number of aliphatic carboxylic acids is 1. The Hall–Kier alpha value is -1.05. The van der Waals surface area contributed by atoms with Crippen LogP contribution in [-0.4, -0.2) is 25.5 Å². The van der Waals surface area contributed by atoms with Gasteiger partial charge in [0.2, 0.25) is 5.09 Å². The number of furan rings is 1. The Bertz CT molecular complexity index is 597. The van der Waals surface area contributed by atoms with Crippen LogP contribution in [0.3, 0.4) is 0 Å². The number of carbonyl (C=O) groups is 1. The van der Waals surface area contributed by atoms with Crippen LogP contribution in [0.5, 0.6) is 0 Å². The van der Waals surface area contributed by atoms with E-state index in [0.717, 1.165) is 25.7 Å². The van der Waals surface area contributed by atoms with Crippen molar-refractivity contribution < 1.29 is 22.7 Å². The molecule has 2 rings (SSSR count). The van der Waals surface area contributed by atoms with Crippen LogP contribution in [0.4, 0.5) is 0 Å². The number of hydrogen-bond acceptors (Lipinski definition) is 4. The van der Waals surface area contributed by atoms with Crippen LogP contribution in [0.2, 0.25) is 5.22 Å². The van der Waals surface area contributed by atoms with Crippen LogP contribution in [0.1, 0.15) is 38.5 Å². The zero-order valence-electron chi connectivity index (χ0n) is 11.4. The SMILES string of the molecule is O=C(O)[C@@H]1CCCCCC[C@@H]1NS(=O)(=O)c1ccc(Cl)o1. The summed E-state index contributed by atoms with van der Waals surface area (Å²) in [5.41, 5.74) is 0. The fourth-order valence-corrected chi connectivity index (χ4v) is 4.06. The molecule has 0 bridgehead atoms. The van der Waals surface area contributed by atoms with Gasteiger partial charge in [0.15, 0.2) is 5.22 Å². The second-order valence-electron chi connectivity index (χ2n) is 5.22. The Morgan fingerprint density at radius 2 is 1.90 bits per heavy atom. The molecular formula is C13H18ClNO5S. The lowest BCUT2D eigenvalue weighted by molar-refractivity contribution is -0.143. The van der Waals surface area contributed by atoms with E-state index >= 15 is 0 Å². The van der Waals surface area contributed by atoms with Crippen molar-refractivity contribution in [2.45, 2.75) is 49.7 Å². The first-order chi connectivity index (χ1) is 9.90. The molecule has 118 valence electrons. The highest BCUT2D eigenvalue weighted by atomic mass is 35.5. The van der Waals surface area contributed by atoms with E-state index < -0.39 is 28.0 Å². The molecule has 0 amide bonds. The summed E-state index contributed by atoms with van der Waals surface area (Å²) in [6.45, 7) is 0. The van der Waals surface area contributed by atoms with Crippen molar-refractivity contribution in [3.8, 4) is 0 Å². The monoisotopic (exact) mass is 335 g/mol. The van der Waals surface area contributed by atoms with E-state index in [9.17, 15) is 18.3 Å². The van der Waals surface area contributed by atoms with Gasteiger partial charge in [-0.2, -0.15) is 0 Å². The topological polar surface area (TPSA) is 96.6 Å². The van der Waals surface area contributed by atoms with Crippen molar-refractivity contribution in [2.75, 3.05) is 0 Å². The van der Waals surface area contributed by atoms with Crippen molar-refractivity contribution in [2.24, 2.45) is 5.92 Å². The molecule has 0 aromatic carbocycles. The van der Waals surface area contributed by atoms with E-state index in [1.54, 1.807) is 0 Å². The Labute approximate surface area is 128 Å². The average Bonchev–Trinajstić information content (AvgIpc) is 2.80. The fraction of sp³-hybridized carbons (Fsp3) is 0.615. The molecule has 2 N–H and O–H groups in total. The molecule has 1 saturated carbocycles. The fourth-order valence-electron chi connectivity index (χ4n) is 2.62. The number of hydrogen-bond donors (Lipinski definition) is 2. The third-order valence-electron chi connectivity index (χ3n) is 3.70. The Morgan fingerprint density at radius 1 is 1.24 bits per heavy atom. The number of rotatable bonds is 4. The molecule has 1 aliphatic carbocycles. The first-order valence-corrected chi connectivity index (χ1v) is 8.77. The van der Waals surface area contributed by atoms with Gasteiger partial charge in [-0.05, 0) is 36.6 Å². The van der Waals surface area contributed by atoms with Crippen molar-refractivity contribution in [3.63, 3.8) is 0 Å². The summed E-state index contributed by atoms with van der Waals surface area (Å²) in [5, 5.41) is 9.00. The summed E-state index contributed by atoms with van der Waals surface area (Å²) < 4.78 is 31.8. The molecule has 1 fully saturated rings. The number of sulfonamides is 1. The second kappa shape index (κ2) is 6.81. The molecule has 0 aliphatic heterocycles. The lowest BCUT2D eigenvalue weighted by Gasteiger charge is -2.26. The zero-order valence-corrected chi connectivity index (χ0v) is 13.0. The normalized spacial score (nSPS) is 24.2. The molecule has 1 aliphatic rings. The maximum atomic E-state index is 12.2. The number of carboxylic acids is 1. The molecule has 2 atom stereocenters. The standard InChI is InChI=1S/C13H18ClNO5S/c14-11-7-8-12(20-11)21(18,19)15-10-6-4-2-1-3-5-9(10)13(16)17/h7-10,15H,1-6H2,(H,16,17)/t9-,10+/m1/s1. The highest BCUT2D eigenvalue weighted by molar-refractivity contribution is 7.89. The predicted molar refractivity (Wildman–Crippen MR) is 76.7 cm³/mol. The van der Waals surface area contributed by atoms with Crippen LogP contribution >= 0.6 is 11.6 Å². The molecule has 1 aromatic rings. The van der Waals surface area contributed by atoms with Gasteiger partial charge in [-0.25, -0.2) is 13.1 Å². The minimum Gasteiger partial charge on any atom is -0.481 e. The second-order valence-corrected chi connectivity index (χ2v) is 7.24. The van der Waals surface area contributed by atoms with Gasteiger partial charge in [0.25, 0.3) is 10.0 Å². The Kier molecular flexibility index (Phi) is 5.29. The first-order valence-electron chi connectivity index (χ1n) is 6.90. The highest BCUT2D eigenvalue weighted by Crippen LogP contribution is 2.25. The summed E-state index contributed by atoms with van der Waals surface area (Å²) in [7, 11) is -3.90. The van der Waals surface area contributed by atoms with Crippen molar-refractivity contribution in [1.82, 2.24) is 4.72 Å². The van der Waals surface area contributed by atoms with E-state index in [2.05, 4.69) is 4.72 Å². The summed E-state index contributed by atoms with van der Waals surface area (Å²) in [4.78, 5) is 11.4. The van der Waals surface area contributed by atoms with Crippen molar-refractivity contribution in [1.29, 1.82) is 0 Å². The van der Waals surface area contributed by atoms with Crippen LogP contribution < -0.4 is 4.72 Å². The van der Waals surface area contributed by atoms with E-state index in [1.165, 1.54) is 12.1 Å². The first kappa shape index (κ1) is 16.3. The maximum Gasteiger partial charge on any atom is 0.308 e. The highest BCUT2D eigenvalue weighted by Gasteiger charge is 2.33. The summed E-state index contributed by atoms with van der Waals surface area (Å²) in [5.74, 6) is -1.69. The van der Waals surface area contributed by atoms with E-state index in [0.29, 0.717) is 12.8 Å². The van der Waals surface area contributed by atoms with Crippen LogP contribution in [-0.2, 0) is 14.8 Å². The molecule has 8 heteroatoms. The number of carboxylic acid groups (broad SMARTS) is 1. The van der Waals surface area contributed by atoms with Gasteiger partial charge in [0.05, 0.1) is 5.92 Å². The van der Waals surface area contributed by atoms with E-state index in [1.807, 2.05) is 0 Å². The van der Waals surface area contributed by atoms with Gasteiger partial charge in [-0.1, -0.05) is 25.7 Å². The summed E-state index contributed by atoms with van der Waals surface area (Å²) in [6, 6.07) is 1.96. The molecule has 0 spiro atoms. The van der Waals surface area contributed by atoms with Gasteiger partial charge < -0.3 is 9.52 Å². The number of nitrogens with one attached hydrogen (secondary N) is 1. The Balaban J connectivity index is 2.18. The third kappa shape index (κ3) is 4.21. The lowest BCUT2D eigenvalue weighted by atomic mass is 9.87. The quantitative estimate of drug-likeness (QED) is 0.881.